The Morgan fingerprint density at radius 1 is 1.22 bits per heavy atom. The van der Waals surface area contributed by atoms with Gasteiger partial charge < -0.3 is 10.2 Å². The van der Waals surface area contributed by atoms with E-state index in [-0.39, 0.29) is 18.9 Å². The molecule has 32 heavy (non-hydrogen) atoms. The van der Waals surface area contributed by atoms with Crippen LogP contribution in [0.15, 0.2) is 60.0 Å². The molecule has 1 aromatic carbocycles. The molecule has 0 radical (unpaired) electrons. The second kappa shape index (κ2) is 9.78. The third-order valence-electron chi connectivity index (χ3n) is 5.16. The number of carbonyl (C=O) groups is 2. The molecule has 3 rings (SSSR count). The minimum atomic E-state index is -1.25. The van der Waals surface area contributed by atoms with Crippen molar-refractivity contribution in [2.75, 3.05) is 11.6 Å². The van der Waals surface area contributed by atoms with Gasteiger partial charge in [0.2, 0.25) is 5.95 Å². The van der Waals surface area contributed by atoms with Gasteiger partial charge in [-0.15, -0.1) is 0 Å². The van der Waals surface area contributed by atoms with E-state index in [1.165, 1.54) is 12.1 Å². The number of Topliss-reactive ketones (excluding diaryl/α,β-unsaturated/α-hetero) is 1. The van der Waals surface area contributed by atoms with Crippen molar-refractivity contribution in [3.05, 3.63) is 66.3 Å². The zero-order chi connectivity index (χ0) is 23.3. The predicted octanol–water partition coefficient (Wildman–Crippen LogP) is 2.74. The molecule has 0 amide bonds. The number of aliphatic hydroxyl groups is 1. The van der Waals surface area contributed by atoms with Crippen LogP contribution in [0.3, 0.4) is 0 Å². The number of hydrazone groups is 1. The van der Waals surface area contributed by atoms with Crippen molar-refractivity contribution in [3.8, 4) is 0 Å². The van der Waals surface area contributed by atoms with Gasteiger partial charge in [-0.05, 0) is 18.1 Å². The Hall–Kier alpha value is -3.46. The number of rotatable bonds is 9. The van der Waals surface area contributed by atoms with Crippen LogP contribution in [0.1, 0.15) is 32.3 Å². The number of carbonyl (C=O) groups excluding carboxylic acids is 1. The van der Waals surface area contributed by atoms with Crippen molar-refractivity contribution in [1.82, 2.24) is 9.97 Å². The maximum absolute atomic E-state index is 15.0. The van der Waals surface area contributed by atoms with Gasteiger partial charge in [0.25, 0.3) is 0 Å². The summed E-state index contributed by atoms with van der Waals surface area (Å²) in [5.74, 6) is -2.01. The van der Waals surface area contributed by atoms with Crippen LogP contribution in [0, 0.1) is 11.7 Å². The molecule has 168 valence electrons. The number of halogens is 1. The third-order valence-corrected chi connectivity index (χ3v) is 5.16. The SMILES string of the molecule is CC(C)C1=NN(c2ncccn2)CC1(/C=C/C(O)CC(=O)CC(=O)O)c1ccccc1F. The van der Waals surface area contributed by atoms with Crippen molar-refractivity contribution in [3.63, 3.8) is 0 Å². The highest BCUT2D eigenvalue weighted by Crippen LogP contribution is 2.39. The van der Waals surface area contributed by atoms with E-state index in [0.717, 1.165) is 0 Å². The molecule has 2 heterocycles. The number of hydrogen-bond acceptors (Lipinski definition) is 7. The van der Waals surface area contributed by atoms with Gasteiger partial charge in [-0.1, -0.05) is 44.2 Å². The molecule has 1 aromatic heterocycles. The minimum Gasteiger partial charge on any atom is -0.481 e. The van der Waals surface area contributed by atoms with Crippen molar-refractivity contribution in [2.24, 2.45) is 11.0 Å². The van der Waals surface area contributed by atoms with E-state index in [9.17, 15) is 14.7 Å². The first-order valence-electron chi connectivity index (χ1n) is 10.2. The Morgan fingerprint density at radius 3 is 2.53 bits per heavy atom. The molecular weight excluding hydrogens is 415 g/mol. The number of aliphatic hydroxyl groups excluding tert-OH is 1. The lowest BCUT2D eigenvalue weighted by molar-refractivity contribution is -0.140. The number of carboxylic acids is 1. The molecule has 0 saturated heterocycles. The molecule has 2 aromatic rings. The molecule has 0 fully saturated rings. The van der Waals surface area contributed by atoms with Gasteiger partial charge in [0.15, 0.2) is 0 Å². The van der Waals surface area contributed by atoms with Gasteiger partial charge in [0.1, 0.15) is 18.0 Å². The topological polar surface area (TPSA) is 116 Å². The van der Waals surface area contributed by atoms with E-state index in [4.69, 9.17) is 5.11 Å². The molecule has 0 saturated carbocycles. The summed E-state index contributed by atoms with van der Waals surface area (Å²) >= 11 is 0. The molecule has 0 aliphatic carbocycles. The smallest absolute Gasteiger partial charge is 0.310 e. The molecule has 0 bridgehead atoms. The number of carboxylic acid groups (broad SMARTS) is 1. The van der Waals surface area contributed by atoms with E-state index in [0.29, 0.717) is 17.2 Å². The highest BCUT2D eigenvalue weighted by atomic mass is 19.1. The molecule has 2 N–H and O–H groups in total. The van der Waals surface area contributed by atoms with Crippen molar-refractivity contribution >= 4 is 23.4 Å². The Kier molecular flexibility index (Phi) is 7.09. The zero-order valence-corrected chi connectivity index (χ0v) is 17.8. The average Bonchev–Trinajstić information content (AvgIpc) is 3.14. The molecule has 2 atom stereocenters. The van der Waals surface area contributed by atoms with Crippen LogP contribution in [-0.2, 0) is 15.0 Å². The fraction of sp³-hybridized carbons (Fsp3) is 0.348. The first kappa shape index (κ1) is 23.2. The van der Waals surface area contributed by atoms with Gasteiger partial charge in [0, 0.05) is 24.4 Å². The molecule has 1 aliphatic heterocycles. The van der Waals surface area contributed by atoms with Crippen LogP contribution >= 0.6 is 0 Å². The number of nitrogens with zero attached hydrogens (tertiary/aromatic N) is 4. The van der Waals surface area contributed by atoms with E-state index in [1.54, 1.807) is 47.7 Å². The molecule has 2 unspecified atom stereocenters. The van der Waals surface area contributed by atoms with Crippen LogP contribution < -0.4 is 5.01 Å². The zero-order valence-electron chi connectivity index (χ0n) is 17.8. The standard InChI is InChI=1S/C23H25FN4O4/c1-15(2)21-23(18-6-3-4-7-19(18)24,9-8-16(29)12-17(30)13-20(31)32)14-28(27-21)22-25-10-5-11-26-22/h3-11,15-16,29H,12-14H2,1-2H3,(H,31,32)/b9-8+. The number of ketones is 1. The lowest BCUT2D eigenvalue weighted by atomic mass is 9.72. The van der Waals surface area contributed by atoms with Crippen molar-refractivity contribution in [1.29, 1.82) is 0 Å². The Morgan fingerprint density at radius 2 is 1.91 bits per heavy atom. The summed E-state index contributed by atoms with van der Waals surface area (Å²) in [6.07, 6.45) is 3.98. The van der Waals surface area contributed by atoms with E-state index < -0.39 is 35.5 Å². The maximum atomic E-state index is 15.0. The minimum absolute atomic E-state index is 0.0845. The summed E-state index contributed by atoms with van der Waals surface area (Å²) in [5, 5.41) is 25.4. The summed E-state index contributed by atoms with van der Waals surface area (Å²) in [7, 11) is 0. The third kappa shape index (κ3) is 5.05. The molecule has 9 heteroatoms. The van der Waals surface area contributed by atoms with Crippen LogP contribution in [0.5, 0.6) is 0 Å². The summed E-state index contributed by atoms with van der Waals surface area (Å²) in [4.78, 5) is 31.0. The molecule has 8 nitrogen and oxygen atoms in total. The van der Waals surface area contributed by atoms with Gasteiger partial charge in [-0.25, -0.2) is 19.4 Å². The Balaban J connectivity index is 2.02. The number of anilines is 1. The van der Waals surface area contributed by atoms with Crippen LogP contribution in [-0.4, -0.2) is 50.3 Å². The Bertz CT molecular complexity index is 1040. The normalized spacial score (nSPS) is 19.4. The van der Waals surface area contributed by atoms with Crippen molar-refractivity contribution < 1.29 is 24.2 Å². The largest absolute Gasteiger partial charge is 0.481 e. The van der Waals surface area contributed by atoms with E-state index in [2.05, 4.69) is 15.1 Å². The second-order valence-electron chi connectivity index (χ2n) is 7.94. The predicted molar refractivity (Wildman–Crippen MR) is 117 cm³/mol. The average molecular weight is 440 g/mol. The number of hydrogen-bond donors (Lipinski definition) is 2. The van der Waals surface area contributed by atoms with Crippen LogP contribution in [0.2, 0.25) is 0 Å². The van der Waals surface area contributed by atoms with Gasteiger partial charge in [-0.2, -0.15) is 5.10 Å². The quantitative estimate of drug-likeness (QED) is 0.455. The first-order valence-corrected chi connectivity index (χ1v) is 10.2. The molecule has 0 spiro atoms. The number of aromatic nitrogens is 2. The lowest BCUT2D eigenvalue weighted by Crippen LogP contribution is -2.40. The summed E-state index contributed by atoms with van der Waals surface area (Å²) in [6, 6.07) is 8.02. The molecular formula is C23H25FN4O4. The highest BCUT2D eigenvalue weighted by Gasteiger charge is 2.46. The fourth-order valence-electron chi connectivity index (χ4n) is 3.83. The fourth-order valence-corrected chi connectivity index (χ4v) is 3.83. The number of aliphatic carboxylic acids is 1. The van der Waals surface area contributed by atoms with Crippen LogP contribution in [0.25, 0.3) is 0 Å². The molecule has 1 aliphatic rings. The van der Waals surface area contributed by atoms with Crippen molar-refractivity contribution in [2.45, 2.75) is 38.2 Å². The van der Waals surface area contributed by atoms with E-state index in [1.807, 2.05) is 13.8 Å². The monoisotopic (exact) mass is 440 g/mol. The maximum Gasteiger partial charge on any atom is 0.310 e. The highest BCUT2D eigenvalue weighted by molar-refractivity contribution is 6.01. The summed E-state index contributed by atoms with van der Waals surface area (Å²) in [5.41, 5.74) is -0.0308. The lowest BCUT2D eigenvalue weighted by Gasteiger charge is -2.30. The first-order chi connectivity index (χ1) is 15.2. The van der Waals surface area contributed by atoms with Gasteiger partial charge in [0.05, 0.1) is 23.8 Å². The summed E-state index contributed by atoms with van der Waals surface area (Å²) < 4.78 is 15.0. The van der Waals surface area contributed by atoms with Crippen LogP contribution in [0.4, 0.5) is 10.3 Å². The number of benzene rings is 1. The Labute approximate surface area is 185 Å². The van der Waals surface area contributed by atoms with E-state index >= 15 is 4.39 Å². The summed E-state index contributed by atoms with van der Waals surface area (Å²) in [6.45, 7) is 4.06. The van der Waals surface area contributed by atoms with Gasteiger partial charge in [-0.3, -0.25) is 9.59 Å². The van der Waals surface area contributed by atoms with Gasteiger partial charge >= 0.3 is 5.97 Å². The second-order valence-corrected chi connectivity index (χ2v) is 7.94.